The molecule has 1 aromatic carbocycles. The summed E-state index contributed by atoms with van der Waals surface area (Å²) in [5.41, 5.74) is 1.51. The molecule has 1 heterocycles. The molecule has 4 nitrogen and oxygen atoms in total. The van der Waals surface area contributed by atoms with Crippen molar-refractivity contribution in [2.45, 2.75) is 32.4 Å². The second kappa shape index (κ2) is 7.46. The third-order valence-electron chi connectivity index (χ3n) is 3.20. The Hall–Kier alpha value is -2.38. The molecule has 0 unspecified atom stereocenters. The maximum atomic E-state index is 13.6. The van der Waals surface area contributed by atoms with Gasteiger partial charge in [0.05, 0.1) is 6.54 Å². The predicted molar refractivity (Wildman–Crippen MR) is 80.8 cm³/mol. The molecule has 130 valence electrons. The van der Waals surface area contributed by atoms with Crippen LogP contribution in [-0.4, -0.2) is 23.6 Å². The molecule has 24 heavy (non-hydrogen) atoms. The van der Waals surface area contributed by atoms with Gasteiger partial charge in [-0.1, -0.05) is 19.4 Å². The van der Waals surface area contributed by atoms with Gasteiger partial charge in [-0.05, 0) is 30.2 Å². The van der Waals surface area contributed by atoms with Gasteiger partial charge < -0.3 is 9.73 Å². The van der Waals surface area contributed by atoms with E-state index < -0.39 is 24.5 Å². The quantitative estimate of drug-likeness (QED) is 0.801. The number of carbonyl (C=O) groups excluding carboxylic acids is 1. The summed E-state index contributed by atoms with van der Waals surface area (Å²) < 4.78 is 55.3. The SMILES string of the molecule is CCCCc1nc2ccc(C=C(F)CNC(=O)C(F)(F)F)cc2o1. The Kier molecular flexibility index (Phi) is 5.58. The molecule has 8 heteroatoms. The molecule has 0 aliphatic carbocycles. The summed E-state index contributed by atoms with van der Waals surface area (Å²) in [5, 5.41) is 1.46. The molecular formula is C16H16F4N2O2. The number of benzene rings is 1. The van der Waals surface area contributed by atoms with E-state index in [0.717, 1.165) is 18.9 Å². The van der Waals surface area contributed by atoms with Gasteiger partial charge in [0.2, 0.25) is 0 Å². The van der Waals surface area contributed by atoms with Gasteiger partial charge in [-0.15, -0.1) is 0 Å². The highest BCUT2D eigenvalue weighted by Gasteiger charge is 2.38. The van der Waals surface area contributed by atoms with Gasteiger partial charge in [-0.3, -0.25) is 4.79 Å². The van der Waals surface area contributed by atoms with Crippen molar-refractivity contribution in [3.63, 3.8) is 0 Å². The van der Waals surface area contributed by atoms with Crippen LogP contribution >= 0.6 is 0 Å². The summed E-state index contributed by atoms with van der Waals surface area (Å²) in [7, 11) is 0. The summed E-state index contributed by atoms with van der Waals surface area (Å²) in [6.45, 7) is 1.21. The largest absolute Gasteiger partial charge is 0.471 e. The average Bonchev–Trinajstić information content (AvgIpc) is 2.91. The number of fused-ring (bicyclic) bond motifs is 1. The number of rotatable bonds is 6. The molecule has 0 aliphatic heterocycles. The fraction of sp³-hybridized carbons (Fsp3) is 0.375. The Bertz CT molecular complexity index is 750. The van der Waals surface area contributed by atoms with Gasteiger partial charge in [0.25, 0.3) is 0 Å². The average molecular weight is 344 g/mol. The topological polar surface area (TPSA) is 55.1 Å². The highest BCUT2D eigenvalue weighted by atomic mass is 19.4. The van der Waals surface area contributed by atoms with Gasteiger partial charge in [-0.2, -0.15) is 13.2 Å². The van der Waals surface area contributed by atoms with E-state index in [2.05, 4.69) is 4.98 Å². The maximum absolute atomic E-state index is 13.6. The van der Waals surface area contributed by atoms with Crippen molar-refractivity contribution >= 4 is 23.1 Å². The number of aryl methyl sites for hydroxylation is 1. The van der Waals surface area contributed by atoms with Crippen molar-refractivity contribution in [1.82, 2.24) is 10.3 Å². The first-order valence-corrected chi connectivity index (χ1v) is 7.40. The molecule has 0 atom stereocenters. The molecule has 1 aromatic heterocycles. The van der Waals surface area contributed by atoms with E-state index in [-0.39, 0.29) is 0 Å². The number of oxazole rings is 1. The van der Waals surface area contributed by atoms with Crippen molar-refractivity contribution < 1.29 is 26.8 Å². The third-order valence-corrected chi connectivity index (χ3v) is 3.20. The summed E-state index contributed by atoms with van der Waals surface area (Å²) in [4.78, 5) is 14.9. The second-order valence-electron chi connectivity index (χ2n) is 5.21. The molecule has 2 rings (SSSR count). The lowest BCUT2D eigenvalue weighted by molar-refractivity contribution is -0.173. The van der Waals surface area contributed by atoms with E-state index in [0.29, 0.717) is 29.0 Å². The minimum Gasteiger partial charge on any atom is -0.441 e. The fourth-order valence-corrected chi connectivity index (χ4v) is 2.01. The minimum atomic E-state index is -5.03. The van der Waals surface area contributed by atoms with E-state index in [1.807, 2.05) is 6.92 Å². The predicted octanol–water partition coefficient (Wildman–Crippen LogP) is 4.16. The van der Waals surface area contributed by atoms with E-state index in [1.54, 1.807) is 18.2 Å². The molecule has 1 amide bonds. The Labute approximate surface area is 135 Å². The number of unbranched alkanes of at least 4 members (excludes halogenated alkanes) is 1. The van der Waals surface area contributed by atoms with E-state index in [9.17, 15) is 22.4 Å². The second-order valence-corrected chi connectivity index (χ2v) is 5.21. The lowest BCUT2D eigenvalue weighted by Crippen LogP contribution is -2.37. The zero-order chi connectivity index (χ0) is 17.7. The minimum absolute atomic E-state index is 0.402. The number of amides is 1. The number of aromatic nitrogens is 1. The molecule has 2 aromatic rings. The van der Waals surface area contributed by atoms with Crippen LogP contribution < -0.4 is 5.32 Å². The Morgan fingerprint density at radius 3 is 2.79 bits per heavy atom. The molecule has 0 saturated heterocycles. The third kappa shape index (κ3) is 4.81. The molecule has 1 N–H and O–H groups in total. The van der Waals surface area contributed by atoms with Crippen molar-refractivity contribution in [3.05, 3.63) is 35.5 Å². The van der Waals surface area contributed by atoms with E-state index >= 15 is 0 Å². The molecular weight excluding hydrogens is 328 g/mol. The highest BCUT2D eigenvalue weighted by Crippen LogP contribution is 2.20. The van der Waals surface area contributed by atoms with Crippen LogP contribution in [0.15, 0.2) is 28.4 Å². The Balaban J connectivity index is 2.06. The van der Waals surface area contributed by atoms with Gasteiger partial charge >= 0.3 is 12.1 Å². The number of halogens is 4. The number of hydrogen-bond acceptors (Lipinski definition) is 3. The van der Waals surface area contributed by atoms with Crippen LogP contribution in [0.1, 0.15) is 31.2 Å². The number of alkyl halides is 3. The van der Waals surface area contributed by atoms with Gasteiger partial charge in [0, 0.05) is 6.42 Å². The van der Waals surface area contributed by atoms with Gasteiger partial charge in [-0.25, -0.2) is 9.37 Å². The first-order chi connectivity index (χ1) is 11.3. The van der Waals surface area contributed by atoms with Crippen LogP contribution in [0.3, 0.4) is 0 Å². The molecule has 0 radical (unpaired) electrons. The molecule has 0 bridgehead atoms. The lowest BCUT2D eigenvalue weighted by Gasteiger charge is -2.06. The summed E-state index contributed by atoms with van der Waals surface area (Å²) >= 11 is 0. The van der Waals surface area contributed by atoms with Crippen LogP contribution in [0.5, 0.6) is 0 Å². The molecule has 0 aliphatic rings. The van der Waals surface area contributed by atoms with Crippen molar-refractivity contribution in [2.75, 3.05) is 6.54 Å². The van der Waals surface area contributed by atoms with Crippen LogP contribution in [0.25, 0.3) is 17.2 Å². The summed E-state index contributed by atoms with van der Waals surface area (Å²) in [5.74, 6) is -2.50. The normalized spacial score (nSPS) is 12.6. The first kappa shape index (κ1) is 18.0. The van der Waals surface area contributed by atoms with Gasteiger partial charge in [0.15, 0.2) is 11.5 Å². The monoisotopic (exact) mass is 344 g/mol. The van der Waals surface area contributed by atoms with Crippen LogP contribution in [-0.2, 0) is 11.2 Å². The maximum Gasteiger partial charge on any atom is 0.471 e. The number of nitrogens with zero attached hydrogens (tertiary/aromatic N) is 1. The van der Waals surface area contributed by atoms with Crippen LogP contribution in [0.4, 0.5) is 17.6 Å². The highest BCUT2D eigenvalue weighted by molar-refractivity contribution is 5.82. The zero-order valence-corrected chi connectivity index (χ0v) is 12.9. The summed E-state index contributed by atoms with van der Waals surface area (Å²) in [6.07, 6.45) is -1.36. The number of carbonyl (C=O) groups is 1. The fourth-order valence-electron chi connectivity index (χ4n) is 2.01. The molecule has 0 saturated carbocycles. The zero-order valence-electron chi connectivity index (χ0n) is 12.9. The Morgan fingerprint density at radius 2 is 2.12 bits per heavy atom. The number of hydrogen-bond donors (Lipinski definition) is 1. The van der Waals surface area contributed by atoms with Gasteiger partial charge in [0.1, 0.15) is 11.3 Å². The van der Waals surface area contributed by atoms with Crippen molar-refractivity contribution in [1.29, 1.82) is 0 Å². The molecule has 0 fully saturated rings. The van der Waals surface area contributed by atoms with Crippen molar-refractivity contribution in [3.8, 4) is 0 Å². The Morgan fingerprint density at radius 1 is 1.38 bits per heavy atom. The standard InChI is InChI=1S/C16H16F4N2O2/c1-2-3-4-14-22-12-6-5-10(8-13(12)24-14)7-11(17)9-21-15(23)16(18,19)20/h5-8H,2-4,9H2,1H3,(H,21,23). The summed E-state index contributed by atoms with van der Waals surface area (Å²) in [6, 6.07) is 4.75. The van der Waals surface area contributed by atoms with Crippen LogP contribution in [0.2, 0.25) is 0 Å². The molecule has 0 spiro atoms. The smallest absolute Gasteiger partial charge is 0.441 e. The lowest BCUT2D eigenvalue weighted by atomic mass is 10.2. The van der Waals surface area contributed by atoms with E-state index in [1.165, 1.54) is 5.32 Å². The van der Waals surface area contributed by atoms with E-state index in [4.69, 9.17) is 4.42 Å². The number of nitrogens with one attached hydrogen (secondary N) is 1. The first-order valence-electron chi connectivity index (χ1n) is 7.40. The van der Waals surface area contributed by atoms with Crippen molar-refractivity contribution in [2.24, 2.45) is 0 Å². The van der Waals surface area contributed by atoms with Crippen LogP contribution in [0, 0.1) is 0 Å².